The van der Waals surface area contributed by atoms with E-state index in [4.69, 9.17) is 27.7 Å². The lowest BCUT2D eigenvalue weighted by Crippen LogP contribution is -2.26. The van der Waals surface area contributed by atoms with Crippen LogP contribution in [0.1, 0.15) is 20.3 Å². The summed E-state index contributed by atoms with van der Waals surface area (Å²) in [6, 6.07) is 0. The molecule has 0 aromatic heterocycles. The van der Waals surface area contributed by atoms with Crippen molar-refractivity contribution in [3.63, 3.8) is 0 Å². The third-order valence-electron chi connectivity index (χ3n) is 3.25. The molecule has 124 valence electrons. The maximum atomic E-state index is 10.7. The Morgan fingerprint density at radius 2 is 1.78 bits per heavy atom. The van der Waals surface area contributed by atoms with E-state index in [1.54, 1.807) is 12.2 Å². The van der Waals surface area contributed by atoms with Gasteiger partial charge in [-0.15, -0.1) is 0 Å². The van der Waals surface area contributed by atoms with E-state index in [1.807, 2.05) is 18.7 Å². The Kier molecular flexibility index (Phi) is 7.22. The summed E-state index contributed by atoms with van der Waals surface area (Å²) in [6.45, 7) is 19.1. The first-order valence-corrected chi connectivity index (χ1v) is 8.84. The van der Waals surface area contributed by atoms with E-state index in [1.165, 1.54) is 0 Å². The minimum Gasteiger partial charge on any atom is -0.380 e. The molecule has 0 unspecified atom stereocenters. The molecule has 1 heterocycles. The second-order valence-corrected chi connectivity index (χ2v) is 6.86. The smallest absolute Gasteiger partial charge is 0.380 e. The Morgan fingerprint density at radius 1 is 1.22 bits per heavy atom. The van der Waals surface area contributed by atoms with Gasteiger partial charge in [-0.2, -0.15) is 9.69 Å². The van der Waals surface area contributed by atoms with Gasteiger partial charge < -0.3 is 19.4 Å². The molecule has 23 heavy (non-hydrogen) atoms. The highest BCUT2D eigenvalue weighted by Crippen LogP contribution is 2.34. The number of nitrogens with zero attached hydrogens (tertiary/aromatic N) is 3. The Bertz CT molecular complexity index is 623. The number of ether oxygens (including phenoxy) is 1. The normalized spacial score (nSPS) is 14.7. The molecule has 0 aliphatic carbocycles. The summed E-state index contributed by atoms with van der Waals surface area (Å²) in [5.41, 5.74) is 2.45. The van der Waals surface area contributed by atoms with Crippen LogP contribution in [-0.4, -0.2) is 40.6 Å². The fourth-order valence-electron chi connectivity index (χ4n) is 2.19. The molecule has 2 N–H and O–H groups in total. The van der Waals surface area contributed by atoms with Crippen LogP contribution in [0.2, 0.25) is 0 Å². The van der Waals surface area contributed by atoms with Gasteiger partial charge in [-0.3, -0.25) is 4.57 Å². The van der Waals surface area contributed by atoms with Gasteiger partial charge in [0.2, 0.25) is 0 Å². The van der Waals surface area contributed by atoms with Crippen molar-refractivity contribution in [1.82, 2.24) is 4.90 Å². The predicted molar refractivity (Wildman–Crippen MR) is 86.8 cm³/mol. The van der Waals surface area contributed by atoms with Crippen molar-refractivity contribution in [3.05, 3.63) is 57.8 Å². The highest BCUT2D eigenvalue weighted by atomic mass is 31.2. The lowest BCUT2D eigenvalue weighted by molar-refractivity contribution is 0.120. The molecule has 1 rings (SSSR count). The Morgan fingerprint density at radius 3 is 2.26 bits per heavy atom. The van der Waals surface area contributed by atoms with Gasteiger partial charge in [0, 0.05) is 24.5 Å². The van der Waals surface area contributed by atoms with Crippen molar-refractivity contribution in [2.75, 3.05) is 25.9 Å². The summed E-state index contributed by atoms with van der Waals surface area (Å²) in [6.07, 6.45) is 3.75. The Balaban J connectivity index is 2.52. The fourth-order valence-corrected chi connectivity index (χ4v) is 2.73. The van der Waals surface area contributed by atoms with E-state index in [0.717, 1.165) is 11.4 Å². The van der Waals surface area contributed by atoms with Crippen LogP contribution in [0, 0.1) is 13.1 Å². The molecule has 0 aromatic carbocycles. The van der Waals surface area contributed by atoms with Gasteiger partial charge in [0.1, 0.15) is 13.1 Å². The van der Waals surface area contributed by atoms with E-state index in [9.17, 15) is 4.57 Å². The van der Waals surface area contributed by atoms with Crippen LogP contribution in [-0.2, 0) is 9.30 Å². The maximum Gasteiger partial charge on any atom is 0.526 e. The molecule has 0 saturated heterocycles. The zero-order valence-corrected chi connectivity index (χ0v) is 14.1. The van der Waals surface area contributed by atoms with Gasteiger partial charge in [-0.05, 0) is 32.4 Å². The van der Waals surface area contributed by atoms with Gasteiger partial charge in [0.05, 0.1) is 18.3 Å². The molecule has 0 saturated carbocycles. The maximum absolute atomic E-state index is 10.7. The van der Waals surface area contributed by atoms with Crippen LogP contribution in [0.25, 0.3) is 9.69 Å². The molecule has 0 spiro atoms. The highest BCUT2D eigenvalue weighted by molar-refractivity contribution is 7.51. The molecule has 0 radical (unpaired) electrons. The first-order valence-electron chi connectivity index (χ1n) is 7.04. The average molecular weight is 337 g/mol. The van der Waals surface area contributed by atoms with Crippen LogP contribution < -0.4 is 0 Å². The summed E-state index contributed by atoms with van der Waals surface area (Å²) in [7, 11) is -3.95. The van der Waals surface area contributed by atoms with Crippen molar-refractivity contribution in [1.29, 1.82) is 0 Å². The molecule has 0 bridgehead atoms. The summed E-state index contributed by atoms with van der Waals surface area (Å²) in [5, 5.41) is 0. The van der Waals surface area contributed by atoms with Crippen molar-refractivity contribution in [2.45, 2.75) is 20.3 Å². The van der Waals surface area contributed by atoms with E-state index < -0.39 is 7.60 Å². The molecule has 0 aromatic rings. The number of rotatable bonds is 7. The van der Waals surface area contributed by atoms with Gasteiger partial charge in [0.15, 0.2) is 0 Å². The van der Waals surface area contributed by atoms with E-state index in [-0.39, 0.29) is 12.0 Å². The Labute approximate surface area is 136 Å². The zero-order valence-electron chi connectivity index (χ0n) is 13.2. The number of hydrogen-bond donors (Lipinski definition) is 2. The minimum atomic E-state index is -3.95. The third kappa shape index (κ3) is 6.40. The molecule has 8 heteroatoms. The van der Waals surface area contributed by atoms with Gasteiger partial charge >= 0.3 is 13.4 Å². The van der Waals surface area contributed by atoms with Crippen molar-refractivity contribution >= 4 is 7.60 Å². The summed E-state index contributed by atoms with van der Waals surface area (Å²) in [5.74, 6) is 0.0528. The quantitative estimate of drug-likeness (QED) is 0.424. The van der Waals surface area contributed by atoms with Crippen molar-refractivity contribution in [3.8, 4) is 0 Å². The molecule has 0 amide bonds. The van der Waals surface area contributed by atoms with Crippen molar-refractivity contribution < 1.29 is 19.1 Å². The van der Waals surface area contributed by atoms with Crippen molar-refractivity contribution in [2.24, 2.45) is 0 Å². The van der Waals surface area contributed by atoms with Gasteiger partial charge in [-0.1, -0.05) is 0 Å². The van der Waals surface area contributed by atoms with E-state index in [2.05, 4.69) is 9.69 Å². The molecule has 1 aliphatic rings. The van der Waals surface area contributed by atoms with Crippen LogP contribution in [0.5, 0.6) is 0 Å². The first kappa shape index (κ1) is 19.2. The molecule has 1 aliphatic heterocycles. The molecule has 0 atom stereocenters. The second-order valence-electron chi connectivity index (χ2n) is 5.08. The lowest BCUT2D eigenvalue weighted by Gasteiger charge is -2.29. The van der Waals surface area contributed by atoms with Crippen LogP contribution in [0.4, 0.5) is 0 Å². The zero-order chi connectivity index (χ0) is 17.5. The molecule has 0 fully saturated rings. The Hall–Kier alpha value is -1.89. The monoisotopic (exact) mass is 337 g/mol. The fraction of sp³-hybridized carbons (Fsp3) is 0.467. The van der Waals surface area contributed by atoms with Gasteiger partial charge in [0.25, 0.3) is 0 Å². The van der Waals surface area contributed by atoms with Crippen LogP contribution in [0.3, 0.4) is 0 Å². The summed E-state index contributed by atoms with van der Waals surface area (Å²) >= 11 is 0. The molecular formula is C15H20N3O4P. The SMILES string of the molecule is [C-]#[N+]C([N+]#[C-])=C1C=C(C)N(CCOCCCP(=O)(O)O)C(C)=C1. The van der Waals surface area contributed by atoms with Crippen LogP contribution in [0.15, 0.2) is 34.9 Å². The third-order valence-corrected chi connectivity index (χ3v) is 4.15. The summed E-state index contributed by atoms with van der Waals surface area (Å²) < 4.78 is 16.1. The standard InChI is InChI=1S/C15H20N3O4P/c1-12-10-14(15(16-3)17-4)11-13(2)18(12)6-8-22-7-5-9-23(19,20)21/h10-11H,5-9H2,1-2H3,(H2,19,20,21). The molecular weight excluding hydrogens is 317 g/mol. The van der Waals surface area contributed by atoms with E-state index in [0.29, 0.717) is 31.8 Å². The minimum absolute atomic E-state index is 0.0528. The lowest BCUT2D eigenvalue weighted by atomic mass is 10.1. The van der Waals surface area contributed by atoms with E-state index >= 15 is 0 Å². The topological polar surface area (TPSA) is 78.7 Å². The number of allylic oxidation sites excluding steroid dienone is 5. The van der Waals surface area contributed by atoms with Gasteiger partial charge in [-0.25, -0.2) is 0 Å². The van der Waals surface area contributed by atoms with Crippen LogP contribution >= 0.6 is 7.60 Å². The average Bonchev–Trinajstić information content (AvgIpc) is 2.45. The number of hydrogen-bond acceptors (Lipinski definition) is 3. The largest absolute Gasteiger partial charge is 0.526 e. The highest BCUT2D eigenvalue weighted by Gasteiger charge is 2.19. The summed E-state index contributed by atoms with van der Waals surface area (Å²) in [4.78, 5) is 25.9. The predicted octanol–water partition coefficient (Wildman–Crippen LogP) is 2.74. The second kappa shape index (κ2) is 8.67. The first-order chi connectivity index (χ1) is 10.8. The molecule has 7 nitrogen and oxygen atoms in total.